The molecule has 3 amide bonds. The van der Waals surface area contributed by atoms with Crippen molar-refractivity contribution in [3.05, 3.63) is 59.7 Å². The predicted octanol–water partition coefficient (Wildman–Crippen LogP) is 1.90. The molecule has 27 heavy (non-hydrogen) atoms. The van der Waals surface area contributed by atoms with E-state index in [0.29, 0.717) is 6.42 Å². The minimum absolute atomic E-state index is 0.0361. The third-order valence-electron chi connectivity index (χ3n) is 3.85. The van der Waals surface area contributed by atoms with Crippen LogP contribution in [-0.4, -0.2) is 23.1 Å². The first-order valence-corrected chi connectivity index (χ1v) is 9.40. The lowest BCUT2D eigenvalue weighted by molar-refractivity contribution is -0.123. The monoisotopic (exact) mass is 388 g/mol. The molecule has 0 bridgehead atoms. The van der Waals surface area contributed by atoms with Gasteiger partial charge in [-0.25, -0.2) is 10.2 Å². The molecule has 2 aromatic rings. The van der Waals surface area contributed by atoms with Gasteiger partial charge in [0.05, 0.1) is 12.6 Å². The Morgan fingerprint density at radius 1 is 1.04 bits per heavy atom. The van der Waals surface area contributed by atoms with Crippen molar-refractivity contribution in [2.45, 2.75) is 42.3 Å². The highest BCUT2D eigenvalue weighted by Gasteiger charge is 2.12. The fourth-order valence-corrected chi connectivity index (χ4v) is 3.28. The zero-order valence-electron chi connectivity index (χ0n) is 15.1. The molecule has 2 rings (SSSR count). The van der Waals surface area contributed by atoms with Crippen LogP contribution in [-0.2, 0) is 17.9 Å². The van der Waals surface area contributed by atoms with Gasteiger partial charge in [-0.2, -0.15) is 0 Å². The number of amides is 3. The lowest BCUT2D eigenvalue weighted by atomic mass is 10.2. The second-order valence-corrected chi connectivity index (χ2v) is 6.87. The highest BCUT2D eigenvalue weighted by molar-refractivity contribution is 7.99. The van der Waals surface area contributed by atoms with E-state index in [2.05, 4.69) is 16.2 Å². The Morgan fingerprint density at radius 2 is 1.63 bits per heavy atom. The Bertz CT molecular complexity index is 785. The summed E-state index contributed by atoms with van der Waals surface area (Å²) in [6.07, 6.45) is 0.481. The van der Waals surface area contributed by atoms with Crippen LogP contribution < -0.4 is 21.9 Å². The molecule has 1 atom stereocenters. The number of aliphatic hydroxyl groups excluding tert-OH is 1. The molecule has 0 aliphatic heterocycles. The van der Waals surface area contributed by atoms with Crippen LogP contribution in [0.5, 0.6) is 0 Å². The average molecular weight is 388 g/mol. The maximum atomic E-state index is 11.9. The van der Waals surface area contributed by atoms with E-state index >= 15 is 0 Å². The number of aliphatic hydroxyl groups is 1. The van der Waals surface area contributed by atoms with Gasteiger partial charge in [0.25, 0.3) is 5.91 Å². The van der Waals surface area contributed by atoms with Gasteiger partial charge in [0, 0.05) is 16.3 Å². The number of urea groups is 1. The van der Waals surface area contributed by atoms with Crippen LogP contribution >= 0.6 is 11.8 Å². The SMILES string of the molecule is CC[C@H](N)C(=O)NNC(=O)NCc1ccccc1Sc1ccccc1CO. The number of nitrogens with one attached hydrogen (secondary N) is 3. The molecule has 0 saturated carbocycles. The maximum absolute atomic E-state index is 11.9. The molecule has 2 aromatic carbocycles. The molecule has 144 valence electrons. The molecule has 0 radical (unpaired) electrons. The number of hydrogen-bond acceptors (Lipinski definition) is 5. The lowest BCUT2D eigenvalue weighted by Crippen LogP contribution is -2.51. The van der Waals surface area contributed by atoms with Crippen molar-refractivity contribution in [2.75, 3.05) is 0 Å². The van der Waals surface area contributed by atoms with Crippen LogP contribution in [0.4, 0.5) is 4.79 Å². The second kappa shape index (κ2) is 10.6. The third-order valence-corrected chi connectivity index (χ3v) is 5.09. The summed E-state index contributed by atoms with van der Waals surface area (Å²) in [5.74, 6) is -0.441. The van der Waals surface area contributed by atoms with E-state index in [9.17, 15) is 14.7 Å². The number of nitrogens with two attached hydrogens (primary N) is 1. The number of rotatable bonds is 7. The van der Waals surface area contributed by atoms with Crippen molar-refractivity contribution in [3.63, 3.8) is 0 Å². The van der Waals surface area contributed by atoms with E-state index in [4.69, 9.17) is 5.73 Å². The number of carbonyl (C=O) groups is 2. The molecular formula is C19H24N4O3S. The van der Waals surface area contributed by atoms with Crippen LogP contribution in [0, 0.1) is 0 Å². The van der Waals surface area contributed by atoms with Crippen molar-refractivity contribution >= 4 is 23.7 Å². The van der Waals surface area contributed by atoms with Gasteiger partial charge in [0.2, 0.25) is 0 Å². The summed E-state index contributed by atoms with van der Waals surface area (Å²) in [5, 5.41) is 12.2. The molecule has 6 N–H and O–H groups in total. The van der Waals surface area contributed by atoms with Gasteiger partial charge < -0.3 is 16.2 Å². The van der Waals surface area contributed by atoms with E-state index in [-0.39, 0.29) is 13.2 Å². The Hall–Kier alpha value is -2.55. The van der Waals surface area contributed by atoms with Crippen LogP contribution in [0.2, 0.25) is 0 Å². The summed E-state index contributed by atoms with van der Waals surface area (Å²) in [6.45, 7) is 2.03. The molecule has 7 nitrogen and oxygen atoms in total. The summed E-state index contributed by atoms with van der Waals surface area (Å²) in [7, 11) is 0. The Kier molecular flexibility index (Phi) is 8.12. The minimum atomic E-state index is -0.658. The number of hydrazine groups is 1. The second-order valence-electron chi connectivity index (χ2n) is 5.79. The van der Waals surface area contributed by atoms with E-state index in [0.717, 1.165) is 20.9 Å². The highest BCUT2D eigenvalue weighted by Crippen LogP contribution is 2.32. The number of carbonyl (C=O) groups excluding carboxylic acids is 2. The summed E-state index contributed by atoms with van der Waals surface area (Å²) < 4.78 is 0. The van der Waals surface area contributed by atoms with Gasteiger partial charge in [0.1, 0.15) is 0 Å². The molecular weight excluding hydrogens is 364 g/mol. The van der Waals surface area contributed by atoms with Crippen molar-refractivity contribution in [1.82, 2.24) is 16.2 Å². The van der Waals surface area contributed by atoms with Crippen LogP contribution in [0.1, 0.15) is 24.5 Å². The van der Waals surface area contributed by atoms with E-state index in [1.54, 1.807) is 6.92 Å². The molecule has 0 spiro atoms. The maximum Gasteiger partial charge on any atom is 0.333 e. The van der Waals surface area contributed by atoms with Gasteiger partial charge in [-0.3, -0.25) is 10.2 Å². The van der Waals surface area contributed by atoms with Crippen molar-refractivity contribution in [3.8, 4) is 0 Å². The topological polar surface area (TPSA) is 116 Å². The first-order valence-electron chi connectivity index (χ1n) is 8.59. The van der Waals surface area contributed by atoms with Gasteiger partial charge in [0.15, 0.2) is 0 Å². The van der Waals surface area contributed by atoms with Gasteiger partial charge in [-0.15, -0.1) is 0 Å². The van der Waals surface area contributed by atoms with E-state index in [1.807, 2.05) is 48.5 Å². The van der Waals surface area contributed by atoms with Gasteiger partial charge >= 0.3 is 6.03 Å². The van der Waals surface area contributed by atoms with Crippen molar-refractivity contribution in [2.24, 2.45) is 5.73 Å². The predicted molar refractivity (Wildman–Crippen MR) is 105 cm³/mol. The lowest BCUT2D eigenvalue weighted by Gasteiger charge is -2.14. The molecule has 0 heterocycles. The molecule has 0 aromatic heterocycles. The zero-order chi connectivity index (χ0) is 19.6. The van der Waals surface area contributed by atoms with E-state index < -0.39 is 18.0 Å². The quantitative estimate of drug-likeness (QED) is 0.465. The zero-order valence-corrected chi connectivity index (χ0v) is 15.9. The molecule has 0 unspecified atom stereocenters. The fourth-order valence-electron chi connectivity index (χ4n) is 2.22. The van der Waals surface area contributed by atoms with Crippen LogP contribution in [0.3, 0.4) is 0 Å². The Labute approximate surface area is 162 Å². The minimum Gasteiger partial charge on any atom is -0.392 e. The van der Waals surface area contributed by atoms with Gasteiger partial charge in [-0.05, 0) is 29.7 Å². The van der Waals surface area contributed by atoms with E-state index in [1.165, 1.54) is 11.8 Å². The van der Waals surface area contributed by atoms with Crippen molar-refractivity contribution in [1.29, 1.82) is 0 Å². The molecule has 0 aliphatic rings. The van der Waals surface area contributed by atoms with Gasteiger partial charge in [-0.1, -0.05) is 55.1 Å². The fraction of sp³-hybridized carbons (Fsp3) is 0.263. The number of hydrogen-bond donors (Lipinski definition) is 5. The molecule has 0 saturated heterocycles. The van der Waals surface area contributed by atoms with Crippen LogP contribution in [0.15, 0.2) is 58.3 Å². The smallest absolute Gasteiger partial charge is 0.333 e. The summed E-state index contributed by atoms with van der Waals surface area (Å²) in [4.78, 5) is 25.4. The van der Waals surface area contributed by atoms with Crippen molar-refractivity contribution < 1.29 is 14.7 Å². The largest absolute Gasteiger partial charge is 0.392 e. The summed E-state index contributed by atoms with van der Waals surface area (Å²) in [5.41, 5.74) is 11.9. The third kappa shape index (κ3) is 6.28. The molecule has 8 heteroatoms. The number of benzene rings is 2. The normalized spacial score (nSPS) is 11.5. The Morgan fingerprint density at radius 3 is 2.26 bits per heavy atom. The standard InChI is InChI=1S/C19H24N4O3S/c1-2-15(20)18(25)22-23-19(26)21-11-13-7-3-5-9-16(13)27-17-10-6-4-8-14(17)12-24/h3-10,15,24H,2,11-12,20H2,1H3,(H,22,25)(H2,21,23,26)/t15-/m0/s1. The highest BCUT2D eigenvalue weighted by atomic mass is 32.2. The summed E-state index contributed by atoms with van der Waals surface area (Å²) >= 11 is 1.52. The first-order chi connectivity index (χ1) is 13.0. The van der Waals surface area contributed by atoms with Crippen LogP contribution in [0.25, 0.3) is 0 Å². The molecule has 0 aliphatic carbocycles. The molecule has 0 fully saturated rings. The Balaban J connectivity index is 1.96. The summed E-state index contributed by atoms with van der Waals surface area (Å²) in [6, 6.07) is 14.1. The average Bonchev–Trinajstić information content (AvgIpc) is 2.71. The first kappa shape index (κ1) is 20.8.